The minimum absolute atomic E-state index is 0.0390. The van der Waals surface area contributed by atoms with Crippen molar-refractivity contribution in [2.75, 3.05) is 0 Å². The Balaban J connectivity index is 1.86. The number of aromatic nitrogens is 2. The predicted molar refractivity (Wildman–Crippen MR) is 132 cm³/mol. The molecule has 1 aliphatic rings. The molecule has 1 heterocycles. The third-order valence-corrected chi connectivity index (χ3v) is 6.63. The van der Waals surface area contributed by atoms with Gasteiger partial charge in [0.25, 0.3) is 5.56 Å². The zero-order valence-electron chi connectivity index (χ0n) is 19.3. The highest BCUT2D eigenvalue weighted by Gasteiger charge is 2.25. The molecule has 0 spiro atoms. The number of nitrogens with zero attached hydrogens (tertiary/aromatic N) is 2. The molecule has 1 aliphatic carbocycles. The summed E-state index contributed by atoms with van der Waals surface area (Å²) in [6, 6.07) is 10.9. The van der Waals surface area contributed by atoms with Gasteiger partial charge < -0.3 is 5.11 Å². The molecule has 0 bridgehead atoms. The fraction of sp³-hybridized carbons (Fsp3) is 0.296. The van der Waals surface area contributed by atoms with Crippen molar-refractivity contribution in [2.45, 2.75) is 39.0 Å². The van der Waals surface area contributed by atoms with Crippen LogP contribution in [0.15, 0.2) is 41.2 Å². The summed E-state index contributed by atoms with van der Waals surface area (Å²) in [5.41, 5.74) is 3.10. The zero-order valence-corrected chi connectivity index (χ0v) is 20.1. The molecule has 1 saturated carbocycles. The number of carboxylic acid groups (broad SMARTS) is 1. The van der Waals surface area contributed by atoms with Gasteiger partial charge in [0.1, 0.15) is 5.82 Å². The first-order valence-corrected chi connectivity index (χ1v) is 11.6. The van der Waals surface area contributed by atoms with E-state index in [4.69, 9.17) is 11.6 Å². The predicted octanol–water partition coefficient (Wildman–Crippen LogP) is 5.86. The molecule has 1 unspecified atom stereocenters. The van der Waals surface area contributed by atoms with E-state index in [9.17, 15) is 14.7 Å². The van der Waals surface area contributed by atoms with Crippen LogP contribution in [0.4, 0.5) is 4.39 Å². The quantitative estimate of drug-likeness (QED) is 0.430. The highest BCUT2D eigenvalue weighted by Crippen LogP contribution is 2.40. The number of hydrogen-bond acceptors (Lipinski definition) is 3. The maximum absolute atomic E-state index is 15.3. The summed E-state index contributed by atoms with van der Waals surface area (Å²) in [6.45, 7) is 3.23. The molecule has 4 rings (SSSR count). The first kappa shape index (κ1) is 23.9. The standard InChI is InChI=1S/C27H26ClFN2O3/c1-15(27(33)34)14-21-16(2)30-31(3)26(32)25(21)24-20(22(28)12-13-23(24)29)11-6-17-4-7-18(8-5-17)19-9-10-19/h4-8,11-13,15,19H,9-10,14H2,1-3H3,(H,33,34)/b11-6+. The molecular formula is C27H26ClFN2O3. The Morgan fingerprint density at radius 1 is 1.21 bits per heavy atom. The van der Waals surface area contributed by atoms with Crippen molar-refractivity contribution >= 4 is 29.7 Å². The van der Waals surface area contributed by atoms with Gasteiger partial charge in [-0.3, -0.25) is 9.59 Å². The van der Waals surface area contributed by atoms with Gasteiger partial charge in [0.05, 0.1) is 17.2 Å². The number of aliphatic carboxylic acids is 1. The Morgan fingerprint density at radius 3 is 2.50 bits per heavy atom. The summed E-state index contributed by atoms with van der Waals surface area (Å²) in [5, 5.41) is 13.9. The van der Waals surface area contributed by atoms with Crippen LogP contribution in [-0.2, 0) is 18.3 Å². The smallest absolute Gasteiger partial charge is 0.306 e. The van der Waals surface area contributed by atoms with Gasteiger partial charge in [-0.2, -0.15) is 5.10 Å². The van der Waals surface area contributed by atoms with E-state index in [1.165, 1.54) is 37.6 Å². The lowest BCUT2D eigenvalue weighted by atomic mass is 9.90. The normalized spacial score (nSPS) is 14.5. The van der Waals surface area contributed by atoms with E-state index < -0.39 is 23.3 Å². The second-order valence-electron chi connectivity index (χ2n) is 8.90. The lowest BCUT2D eigenvalue weighted by Gasteiger charge is -2.18. The zero-order chi connectivity index (χ0) is 24.6. The van der Waals surface area contributed by atoms with Crippen LogP contribution in [0.25, 0.3) is 23.3 Å². The average Bonchev–Trinajstić information content (AvgIpc) is 3.64. The summed E-state index contributed by atoms with van der Waals surface area (Å²) in [4.78, 5) is 24.7. The minimum Gasteiger partial charge on any atom is -0.481 e. The Morgan fingerprint density at radius 2 is 1.88 bits per heavy atom. The van der Waals surface area contributed by atoms with Crippen LogP contribution in [0.1, 0.15) is 53.6 Å². The molecule has 34 heavy (non-hydrogen) atoms. The van der Waals surface area contributed by atoms with Crippen molar-refractivity contribution in [2.24, 2.45) is 13.0 Å². The van der Waals surface area contributed by atoms with Gasteiger partial charge in [0.15, 0.2) is 0 Å². The second kappa shape index (κ2) is 9.55. The van der Waals surface area contributed by atoms with Crippen molar-refractivity contribution in [1.82, 2.24) is 9.78 Å². The largest absolute Gasteiger partial charge is 0.481 e. The van der Waals surface area contributed by atoms with Crippen LogP contribution in [0.2, 0.25) is 5.02 Å². The van der Waals surface area contributed by atoms with Gasteiger partial charge in [0, 0.05) is 23.2 Å². The highest BCUT2D eigenvalue weighted by molar-refractivity contribution is 6.32. The van der Waals surface area contributed by atoms with Crippen LogP contribution in [0.5, 0.6) is 0 Å². The Hall–Kier alpha value is -3.25. The molecule has 3 aromatic rings. The molecule has 0 amide bonds. The molecule has 176 valence electrons. The van der Waals surface area contributed by atoms with E-state index in [0.717, 1.165) is 10.2 Å². The van der Waals surface area contributed by atoms with E-state index in [2.05, 4.69) is 17.2 Å². The summed E-state index contributed by atoms with van der Waals surface area (Å²) in [7, 11) is 1.49. The van der Waals surface area contributed by atoms with E-state index in [1.54, 1.807) is 19.9 Å². The molecule has 0 radical (unpaired) electrons. The summed E-state index contributed by atoms with van der Waals surface area (Å²) < 4.78 is 16.5. The van der Waals surface area contributed by atoms with Crippen LogP contribution in [-0.4, -0.2) is 20.9 Å². The Kier molecular flexibility index (Phi) is 6.71. The average molecular weight is 481 g/mol. The highest BCUT2D eigenvalue weighted by atomic mass is 35.5. The molecule has 0 saturated heterocycles. The molecule has 1 atom stereocenters. The number of carboxylic acids is 1. The van der Waals surface area contributed by atoms with Crippen LogP contribution < -0.4 is 5.56 Å². The first-order chi connectivity index (χ1) is 16.2. The van der Waals surface area contributed by atoms with Gasteiger partial charge in [-0.15, -0.1) is 0 Å². The lowest BCUT2D eigenvalue weighted by Crippen LogP contribution is -2.27. The van der Waals surface area contributed by atoms with Gasteiger partial charge in [-0.1, -0.05) is 54.9 Å². The van der Waals surface area contributed by atoms with Crippen molar-refractivity contribution in [1.29, 1.82) is 0 Å². The molecule has 1 fully saturated rings. The molecule has 0 aliphatic heterocycles. The fourth-order valence-electron chi connectivity index (χ4n) is 4.16. The first-order valence-electron chi connectivity index (χ1n) is 11.2. The molecule has 1 aromatic heterocycles. The van der Waals surface area contributed by atoms with Gasteiger partial charge in [0.2, 0.25) is 0 Å². The summed E-state index contributed by atoms with van der Waals surface area (Å²) in [6.07, 6.45) is 6.02. The maximum atomic E-state index is 15.3. The van der Waals surface area contributed by atoms with E-state index in [1.807, 2.05) is 18.2 Å². The number of benzene rings is 2. The van der Waals surface area contributed by atoms with Gasteiger partial charge in [-0.25, -0.2) is 9.07 Å². The molecule has 2 aromatic carbocycles. The van der Waals surface area contributed by atoms with Crippen LogP contribution in [0.3, 0.4) is 0 Å². The summed E-state index contributed by atoms with van der Waals surface area (Å²) >= 11 is 6.50. The summed E-state index contributed by atoms with van der Waals surface area (Å²) in [5.74, 6) is -1.75. The Bertz CT molecular complexity index is 1340. The lowest BCUT2D eigenvalue weighted by molar-refractivity contribution is -0.141. The van der Waals surface area contributed by atoms with Crippen molar-refractivity contribution in [3.8, 4) is 11.1 Å². The molecule has 5 nitrogen and oxygen atoms in total. The number of aryl methyl sites for hydroxylation is 2. The van der Waals surface area contributed by atoms with Crippen molar-refractivity contribution < 1.29 is 14.3 Å². The molecule has 7 heteroatoms. The molecule has 1 N–H and O–H groups in total. The number of halogens is 2. The second-order valence-corrected chi connectivity index (χ2v) is 9.31. The minimum atomic E-state index is -1.01. The van der Waals surface area contributed by atoms with E-state index in [0.29, 0.717) is 22.7 Å². The van der Waals surface area contributed by atoms with E-state index in [-0.39, 0.29) is 22.6 Å². The van der Waals surface area contributed by atoms with Crippen LogP contribution >= 0.6 is 11.6 Å². The maximum Gasteiger partial charge on any atom is 0.306 e. The fourth-order valence-corrected chi connectivity index (χ4v) is 4.38. The van der Waals surface area contributed by atoms with Crippen molar-refractivity contribution in [3.05, 3.63) is 85.5 Å². The molecular weight excluding hydrogens is 455 g/mol. The van der Waals surface area contributed by atoms with E-state index >= 15 is 4.39 Å². The van der Waals surface area contributed by atoms with Gasteiger partial charge >= 0.3 is 5.97 Å². The third-order valence-electron chi connectivity index (χ3n) is 6.30. The number of hydrogen-bond donors (Lipinski definition) is 1. The number of rotatable bonds is 7. The van der Waals surface area contributed by atoms with Crippen LogP contribution in [0, 0.1) is 18.7 Å². The topological polar surface area (TPSA) is 72.2 Å². The van der Waals surface area contributed by atoms with Gasteiger partial charge in [-0.05, 0) is 60.9 Å². The van der Waals surface area contributed by atoms with Crippen molar-refractivity contribution in [3.63, 3.8) is 0 Å². The monoisotopic (exact) mass is 480 g/mol. The number of carbonyl (C=O) groups is 1. The SMILES string of the molecule is Cc1nn(C)c(=O)c(-c2c(F)ccc(Cl)c2/C=C/c2ccc(C3CC3)cc2)c1CC(C)C(=O)O. The Labute approximate surface area is 202 Å². The third kappa shape index (κ3) is 4.82.